The molecule has 0 aromatic heterocycles. The summed E-state index contributed by atoms with van der Waals surface area (Å²) in [5.74, 6) is -2.88. The van der Waals surface area contributed by atoms with Crippen LogP contribution in [0.15, 0.2) is 36.4 Å². The van der Waals surface area contributed by atoms with Gasteiger partial charge in [0.25, 0.3) is 0 Å². The van der Waals surface area contributed by atoms with Crippen LogP contribution >= 0.6 is 11.6 Å². The van der Waals surface area contributed by atoms with Crippen molar-refractivity contribution >= 4 is 11.6 Å². The van der Waals surface area contributed by atoms with Gasteiger partial charge in [0.2, 0.25) is 0 Å². The number of phenols is 1. The summed E-state index contributed by atoms with van der Waals surface area (Å²) in [4.78, 5) is 0. The third kappa shape index (κ3) is 3.26. The summed E-state index contributed by atoms with van der Waals surface area (Å²) in [5, 5.41) is 12.8. The number of phenolic OH excluding ortho intramolecular Hbond substituents is 1. The number of hydrogen-bond acceptors (Lipinski definition) is 2. The monoisotopic (exact) mass is 297 g/mol. The van der Waals surface area contributed by atoms with Crippen LogP contribution in [0.1, 0.15) is 24.1 Å². The Balaban J connectivity index is 2.07. The predicted molar refractivity (Wildman–Crippen MR) is 74.7 cm³/mol. The average molecular weight is 298 g/mol. The highest BCUT2D eigenvalue weighted by molar-refractivity contribution is 6.31. The van der Waals surface area contributed by atoms with Crippen molar-refractivity contribution in [1.82, 2.24) is 5.32 Å². The van der Waals surface area contributed by atoms with Crippen LogP contribution in [-0.2, 0) is 6.54 Å². The van der Waals surface area contributed by atoms with Crippen LogP contribution in [0.5, 0.6) is 5.75 Å². The van der Waals surface area contributed by atoms with E-state index in [1.807, 2.05) is 25.1 Å². The van der Waals surface area contributed by atoms with E-state index in [9.17, 15) is 8.78 Å². The second-order valence-corrected chi connectivity index (χ2v) is 4.94. The van der Waals surface area contributed by atoms with Gasteiger partial charge in [-0.2, -0.15) is 0 Å². The van der Waals surface area contributed by atoms with Gasteiger partial charge in [-0.15, -0.1) is 0 Å². The van der Waals surface area contributed by atoms with E-state index in [2.05, 4.69) is 5.32 Å². The maximum absolute atomic E-state index is 13.2. The number of nitrogens with one attached hydrogen (secondary N) is 1. The summed E-state index contributed by atoms with van der Waals surface area (Å²) in [6, 6.07) is 9.52. The van der Waals surface area contributed by atoms with Crippen molar-refractivity contribution in [3.8, 4) is 5.75 Å². The molecule has 0 heterocycles. The lowest BCUT2D eigenvalue weighted by atomic mass is 10.1. The molecule has 2 nitrogen and oxygen atoms in total. The molecular formula is C15H14ClF2NO. The molecule has 0 saturated carbocycles. The fourth-order valence-corrected chi connectivity index (χ4v) is 2.23. The minimum absolute atomic E-state index is 0.0661. The number of rotatable bonds is 4. The molecule has 2 aromatic rings. The largest absolute Gasteiger partial charge is 0.503 e. The summed E-state index contributed by atoms with van der Waals surface area (Å²) in [6.45, 7) is 2.18. The van der Waals surface area contributed by atoms with Gasteiger partial charge >= 0.3 is 0 Å². The van der Waals surface area contributed by atoms with Crippen LogP contribution in [0.3, 0.4) is 0 Å². The second kappa shape index (κ2) is 6.20. The van der Waals surface area contributed by atoms with Crippen molar-refractivity contribution in [1.29, 1.82) is 0 Å². The van der Waals surface area contributed by atoms with Gasteiger partial charge in [0.15, 0.2) is 17.4 Å². The maximum Gasteiger partial charge on any atom is 0.187 e. The second-order valence-electron chi connectivity index (χ2n) is 4.53. The Morgan fingerprint density at radius 1 is 1.20 bits per heavy atom. The lowest BCUT2D eigenvalue weighted by Gasteiger charge is -2.16. The van der Waals surface area contributed by atoms with Gasteiger partial charge in [0.1, 0.15) is 0 Å². The Morgan fingerprint density at radius 2 is 1.80 bits per heavy atom. The fraction of sp³-hybridized carbons (Fsp3) is 0.200. The van der Waals surface area contributed by atoms with Gasteiger partial charge in [-0.05, 0) is 36.2 Å². The van der Waals surface area contributed by atoms with E-state index in [0.717, 1.165) is 17.7 Å². The molecular weight excluding hydrogens is 284 g/mol. The SMILES string of the molecule is C[C@H](NCc1cc(F)c(O)c(F)c1)c1ccccc1Cl. The molecule has 5 heteroatoms. The minimum Gasteiger partial charge on any atom is -0.503 e. The molecule has 0 aliphatic rings. The molecule has 0 unspecified atom stereocenters. The van der Waals surface area contributed by atoms with E-state index >= 15 is 0 Å². The van der Waals surface area contributed by atoms with Crippen LogP contribution in [0, 0.1) is 11.6 Å². The Kier molecular flexibility index (Phi) is 4.57. The smallest absolute Gasteiger partial charge is 0.187 e. The van der Waals surface area contributed by atoms with Crippen molar-refractivity contribution in [2.75, 3.05) is 0 Å². The molecule has 2 N–H and O–H groups in total. The number of benzene rings is 2. The first kappa shape index (κ1) is 14.8. The van der Waals surface area contributed by atoms with E-state index in [0.29, 0.717) is 10.6 Å². The van der Waals surface area contributed by atoms with Crippen LogP contribution in [-0.4, -0.2) is 5.11 Å². The molecule has 106 valence electrons. The molecule has 0 fully saturated rings. The zero-order valence-electron chi connectivity index (χ0n) is 10.8. The van der Waals surface area contributed by atoms with Crippen molar-refractivity contribution in [2.24, 2.45) is 0 Å². The van der Waals surface area contributed by atoms with E-state index in [4.69, 9.17) is 16.7 Å². The molecule has 0 amide bonds. The topological polar surface area (TPSA) is 32.3 Å². The van der Waals surface area contributed by atoms with Crippen molar-refractivity contribution < 1.29 is 13.9 Å². The summed E-state index contributed by atoms with van der Waals surface area (Å²) in [5.41, 5.74) is 1.32. The number of hydrogen-bond donors (Lipinski definition) is 2. The molecule has 0 radical (unpaired) electrons. The maximum atomic E-state index is 13.2. The van der Waals surface area contributed by atoms with E-state index in [1.165, 1.54) is 0 Å². The van der Waals surface area contributed by atoms with Crippen molar-refractivity contribution in [2.45, 2.75) is 19.5 Å². The lowest BCUT2D eigenvalue weighted by molar-refractivity contribution is 0.394. The third-order valence-electron chi connectivity index (χ3n) is 3.06. The fourth-order valence-electron chi connectivity index (χ4n) is 1.93. The van der Waals surface area contributed by atoms with Gasteiger partial charge in [-0.3, -0.25) is 0 Å². The predicted octanol–water partition coefficient (Wildman–Crippen LogP) is 4.17. The van der Waals surface area contributed by atoms with E-state index < -0.39 is 17.4 Å². The standard InChI is InChI=1S/C15H14ClF2NO/c1-9(11-4-2-3-5-12(11)16)19-8-10-6-13(17)15(20)14(18)7-10/h2-7,9,19-20H,8H2,1H3/t9-/m0/s1. The Morgan fingerprint density at radius 3 is 2.40 bits per heavy atom. The Labute approximate surface area is 121 Å². The lowest BCUT2D eigenvalue weighted by Crippen LogP contribution is -2.18. The first-order valence-corrected chi connectivity index (χ1v) is 6.51. The first-order valence-electron chi connectivity index (χ1n) is 6.13. The van der Waals surface area contributed by atoms with Crippen molar-refractivity contribution in [3.05, 3.63) is 64.2 Å². The van der Waals surface area contributed by atoms with Gasteiger partial charge in [-0.1, -0.05) is 29.8 Å². The van der Waals surface area contributed by atoms with Gasteiger partial charge in [0, 0.05) is 17.6 Å². The molecule has 0 saturated heterocycles. The van der Waals surface area contributed by atoms with E-state index in [1.54, 1.807) is 6.07 Å². The molecule has 0 aliphatic heterocycles. The minimum atomic E-state index is -0.966. The van der Waals surface area contributed by atoms with Crippen molar-refractivity contribution in [3.63, 3.8) is 0 Å². The molecule has 20 heavy (non-hydrogen) atoms. The molecule has 1 atom stereocenters. The summed E-state index contributed by atoms with van der Waals surface area (Å²) >= 11 is 6.08. The van der Waals surface area contributed by atoms with Gasteiger partial charge in [-0.25, -0.2) is 8.78 Å². The average Bonchev–Trinajstić information content (AvgIpc) is 2.42. The Bertz CT molecular complexity index is 596. The number of aromatic hydroxyl groups is 1. The van der Waals surface area contributed by atoms with Crippen LogP contribution in [0.2, 0.25) is 5.02 Å². The van der Waals surface area contributed by atoms with Gasteiger partial charge in [0.05, 0.1) is 0 Å². The summed E-state index contributed by atoms with van der Waals surface area (Å²) < 4.78 is 26.4. The quantitative estimate of drug-likeness (QED) is 0.887. The van der Waals surface area contributed by atoms with Gasteiger partial charge < -0.3 is 10.4 Å². The number of halogens is 3. The molecule has 2 aromatic carbocycles. The summed E-state index contributed by atoms with van der Waals surface area (Å²) in [6.07, 6.45) is 0. The normalized spacial score (nSPS) is 12.4. The third-order valence-corrected chi connectivity index (χ3v) is 3.40. The zero-order chi connectivity index (χ0) is 14.7. The van der Waals surface area contributed by atoms with E-state index in [-0.39, 0.29) is 12.6 Å². The molecule has 0 spiro atoms. The molecule has 2 rings (SSSR count). The molecule has 0 aliphatic carbocycles. The molecule has 0 bridgehead atoms. The highest BCUT2D eigenvalue weighted by Crippen LogP contribution is 2.24. The van der Waals surface area contributed by atoms with Crippen LogP contribution in [0.4, 0.5) is 8.78 Å². The Hall–Kier alpha value is -1.65. The summed E-state index contributed by atoms with van der Waals surface area (Å²) in [7, 11) is 0. The first-order chi connectivity index (χ1) is 9.49. The highest BCUT2D eigenvalue weighted by atomic mass is 35.5. The van der Waals surface area contributed by atoms with Crippen LogP contribution < -0.4 is 5.32 Å². The van der Waals surface area contributed by atoms with Crippen LogP contribution in [0.25, 0.3) is 0 Å². The zero-order valence-corrected chi connectivity index (χ0v) is 11.6. The highest BCUT2D eigenvalue weighted by Gasteiger charge is 2.12.